The summed E-state index contributed by atoms with van der Waals surface area (Å²) in [5.74, 6) is -0.317. The fourth-order valence-corrected chi connectivity index (χ4v) is 1.95. The van der Waals surface area contributed by atoms with E-state index in [-0.39, 0.29) is 12.5 Å². The third kappa shape index (κ3) is 3.33. The molecule has 0 aromatic heterocycles. The minimum absolute atomic E-state index is 0.259. The molecule has 0 aliphatic rings. The van der Waals surface area contributed by atoms with Crippen LogP contribution in [0.5, 0.6) is 0 Å². The molecule has 0 amide bonds. The Morgan fingerprint density at radius 3 is 2.44 bits per heavy atom. The molecule has 3 heteroatoms. The van der Waals surface area contributed by atoms with E-state index in [2.05, 4.69) is 0 Å². The summed E-state index contributed by atoms with van der Waals surface area (Å²) in [4.78, 5) is 11.6. The summed E-state index contributed by atoms with van der Waals surface area (Å²) in [5.41, 5.74) is 2.77. The quantitative estimate of drug-likeness (QED) is 0.817. The van der Waals surface area contributed by atoms with Crippen molar-refractivity contribution in [3.8, 4) is 0 Å². The van der Waals surface area contributed by atoms with Crippen molar-refractivity contribution in [3.05, 3.63) is 34.9 Å². The van der Waals surface area contributed by atoms with Crippen molar-refractivity contribution in [3.63, 3.8) is 0 Å². The summed E-state index contributed by atoms with van der Waals surface area (Å²) >= 11 is 0. The molecule has 0 aliphatic carbocycles. The fourth-order valence-electron chi connectivity index (χ4n) is 1.95. The number of aliphatic hydroxyl groups is 1. The van der Waals surface area contributed by atoms with E-state index in [0.717, 1.165) is 17.5 Å². The fraction of sp³-hybridized carbons (Fsp3) is 0.533. The highest BCUT2D eigenvalue weighted by molar-refractivity contribution is 5.77. The summed E-state index contributed by atoms with van der Waals surface area (Å²) in [6.07, 6.45) is -0.310. The van der Waals surface area contributed by atoms with Gasteiger partial charge in [-0.25, -0.2) is 4.79 Å². The Hall–Kier alpha value is -1.35. The largest absolute Gasteiger partial charge is 0.464 e. The molecule has 1 rings (SSSR count). The van der Waals surface area contributed by atoms with Gasteiger partial charge in [0.2, 0.25) is 0 Å². The Balaban J connectivity index is 3.14. The highest BCUT2D eigenvalue weighted by Gasteiger charge is 2.22. The lowest BCUT2D eigenvalue weighted by Gasteiger charge is -2.18. The van der Waals surface area contributed by atoms with Crippen LogP contribution in [0.25, 0.3) is 0 Å². The maximum atomic E-state index is 11.6. The van der Waals surface area contributed by atoms with E-state index in [1.54, 1.807) is 6.92 Å². The molecule has 0 saturated carbocycles. The molecule has 0 aliphatic heterocycles. The third-order valence-corrected chi connectivity index (χ3v) is 2.99. The lowest BCUT2D eigenvalue weighted by Crippen LogP contribution is -2.17. The van der Waals surface area contributed by atoms with Gasteiger partial charge in [0.15, 0.2) is 6.10 Å². The van der Waals surface area contributed by atoms with E-state index in [1.165, 1.54) is 0 Å². The molecule has 0 heterocycles. The number of hydrogen-bond donors (Lipinski definition) is 1. The molecule has 1 atom stereocenters. The van der Waals surface area contributed by atoms with Crippen molar-refractivity contribution in [2.75, 3.05) is 6.61 Å². The van der Waals surface area contributed by atoms with E-state index in [1.807, 2.05) is 39.0 Å². The van der Waals surface area contributed by atoms with Gasteiger partial charge in [-0.3, -0.25) is 0 Å². The van der Waals surface area contributed by atoms with Crippen molar-refractivity contribution in [1.29, 1.82) is 0 Å². The van der Waals surface area contributed by atoms with Gasteiger partial charge in [0, 0.05) is 0 Å². The first-order valence-corrected chi connectivity index (χ1v) is 6.48. The second-order valence-corrected chi connectivity index (χ2v) is 4.63. The summed E-state index contributed by atoms with van der Waals surface area (Å²) in [6, 6.07) is 5.93. The van der Waals surface area contributed by atoms with Crippen molar-refractivity contribution < 1.29 is 14.6 Å². The van der Waals surface area contributed by atoms with E-state index in [0.29, 0.717) is 5.56 Å². The van der Waals surface area contributed by atoms with Gasteiger partial charge in [-0.05, 0) is 36.0 Å². The smallest absolute Gasteiger partial charge is 0.339 e. The van der Waals surface area contributed by atoms with Gasteiger partial charge < -0.3 is 9.84 Å². The lowest BCUT2D eigenvalue weighted by molar-refractivity contribution is -0.153. The highest BCUT2D eigenvalue weighted by atomic mass is 16.5. The van der Waals surface area contributed by atoms with Gasteiger partial charge in [0.05, 0.1) is 6.61 Å². The molecule has 1 aromatic rings. The number of aliphatic hydroxyl groups excluding tert-OH is 1. The number of benzene rings is 1. The SMILES string of the molecule is CCOC(=O)C(O)c1cc(CC)ccc1C(C)C. The summed E-state index contributed by atoms with van der Waals surface area (Å²) in [7, 11) is 0. The van der Waals surface area contributed by atoms with Crippen LogP contribution in [0.15, 0.2) is 18.2 Å². The summed E-state index contributed by atoms with van der Waals surface area (Å²) in [5, 5.41) is 10.1. The molecular formula is C15H22O3. The van der Waals surface area contributed by atoms with Gasteiger partial charge in [0.25, 0.3) is 0 Å². The van der Waals surface area contributed by atoms with Crippen LogP contribution in [0.3, 0.4) is 0 Å². The maximum absolute atomic E-state index is 11.6. The Labute approximate surface area is 109 Å². The molecule has 1 N–H and O–H groups in total. The first-order valence-electron chi connectivity index (χ1n) is 6.48. The van der Waals surface area contributed by atoms with Crippen LogP contribution in [0.2, 0.25) is 0 Å². The van der Waals surface area contributed by atoms with Crippen LogP contribution in [0, 0.1) is 0 Å². The molecule has 3 nitrogen and oxygen atoms in total. The van der Waals surface area contributed by atoms with Gasteiger partial charge in [-0.15, -0.1) is 0 Å². The van der Waals surface area contributed by atoms with Crippen molar-refractivity contribution >= 4 is 5.97 Å². The lowest BCUT2D eigenvalue weighted by atomic mass is 9.91. The monoisotopic (exact) mass is 250 g/mol. The third-order valence-electron chi connectivity index (χ3n) is 2.99. The van der Waals surface area contributed by atoms with Gasteiger partial charge >= 0.3 is 5.97 Å². The number of hydrogen-bond acceptors (Lipinski definition) is 3. The minimum Gasteiger partial charge on any atom is -0.464 e. The number of carbonyl (C=O) groups excluding carboxylic acids is 1. The molecule has 100 valence electrons. The topological polar surface area (TPSA) is 46.5 Å². The average Bonchev–Trinajstić information content (AvgIpc) is 2.37. The molecule has 18 heavy (non-hydrogen) atoms. The van der Waals surface area contributed by atoms with E-state index in [9.17, 15) is 9.90 Å². The van der Waals surface area contributed by atoms with Crippen LogP contribution in [0.1, 0.15) is 56.4 Å². The normalized spacial score (nSPS) is 12.6. The molecule has 0 saturated heterocycles. The molecular weight excluding hydrogens is 228 g/mol. The number of ether oxygens (including phenoxy) is 1. The standard InChI is InChI=1S/C15H22O3/c1-5-11-7-8-12(10(3)4)13(9-11)14(16)15(17)18-6-2/h7-10,14,16H,5-6H2,1-4H3. The molecule has 1 unspecified atom stereocenters. The summed E-state index contributed by atoms with van der Waals surface area (Å²) < 4.78 is 4.88. The molecule has 1 aromatic carbocycles. The van der Waals surface area contributed by atoms with E-state index >= 15 is 0 Å². The van der Waals surface area contributed by atoms with Crippen LogP contribution < -0.4 is 0 Å². The van der Waals surface area contributed by atoms with Gasteiger partial charge in [-0.2, -0.15) is 0 Å². The number of esters is 1. The Morgan fingerprint density at radius 2 is 1.94 bits per heavy atom. The predicted octanol–water partition coefficient (Wildman–Crippen LogP) is 2.97. The first kappa shape index (κ1) is 14.7. The highest BCUT2D eigenvalue weighted by Crippen LogP contribution is 2.27. The number of rotatable bonds is 5. The van der Waals surface area contributed by atoms with Crippen LogP contribution in [-0.2, 0) is 16.0 Å². The minimum atomic E-state index is -1.19. The average molecular weight is 250 g/mol. The predicted molar refractivity (Wildman–Crippen MR) is 71.5 cm³/mol. The van der Waals surface area contributed by atoms with Gasteiger partial charge in [0.1, 0.15) is 0 Å². The zero-order valence-corrected chi connectivity index (χ0v) is 11.6. The molecule has 0 bridgehead atoms. The van der Waals surface area contributed by atoms with Crippen molar-refractivity contribution in [2.24, 2.45) is 0 Å². The summed E-state index contributed by atoms with van der Waals surface area (Å²) in [6.45, 7) is 8.15. The second-order valence-electron chi connectivity index (χ2n) is 4.63. The Morgan fingerprint density at radius 1 is 1.28 bits per heavy atom. The maximum Gasteiger partial charge on any atom is 0.339 e. The van der Waals surface area contributed by atoms with Gasteiger partial charge in [-0.1, -0.05) is 39.0 Å². The van der Waals surface area contributed by atoms with E-state index in [4.69, 9.17) is 4.74 Å². The number of carbonyl (C=O) groups is 1. The van der Waals surface area contributed by atoms with Crippen LogP contribution in [0.4, 0.5) is 0 Å². The first-order chi connectivity index (χ1) is 8.51. The Kier molecular flexibility index (Phi) is 5.35. The Bertz CT molecular complexity index is 410. The zero-order chi connectivity index (χ0) is 13.7. The van der Waals surface area contributed by atoms with Crippen molar-refractivity contribution in [2.45, 2.75) is 46.1 Å². The molecule has 0 spiro atoms. The second kappa shape index (κ2) is 6.55. The van der Waals surface area contributed by atoms with Crippen LogP contribution in [-0.4, -0.2) is 17.7 Å². The van der Waals surface area contributed by atoms with Crippen LogP contribution >= 0.6 is 0 Å². The molecule has 0 fully saturated rings. The van der Waals surface area contributed by atoms with E-state index < -0.39 is 12.1 Å². The number of aryl methyl sites for hydroxylation is 1. The zero-order valence-electron chi connectivity index (χ0n) is 11.6. The van der Waals surface area contributed by atoms with Crippen molar-refractivity contribution in [1.82, 2.24) is 0 Å². The molecule has 0 radical (unpaired) electrons.